The van der Waals surface area contributed by atoms with Crippen molar-refractivity contribution in [3.63, 3.8) is 0 Å². The number of aliphatic hydroxyl groups is 1. The third-order valence-corrected chi connectivity index (χ3v) is 10.6. The Hall–Kier alpha value is -2.40. The minimum absolute atomic E-state index is 0.130. The Kier molecular flexibility index (Phi) is 25.5. The largest absolute Gasteiger partial charge is 0.493 e. The third kappa shape index (κ3) is 17.8. The van der Waals surface area contributed by atoms with Gasteiger partial charge >= 0.3 is 0 Å². The molecule has 5 nitrogen and oxygen atoms in total. The summed E-state index contributed by atoms with van der Waals surface area (Å²) in [5.41, 5.74) is 4.42. The van der Waals surface area contributed by atoms with Crippen molar-refractivity contribution in [2.75, 3.05) is 28.4 Å². The maximum Gasteiger partial charge on any atom is 0.168 e. The van der Waals surface area contributed by atoms with Crippen LogP contribution in [0.15, 0.2) is 24.3 Å². The zero-order chi connectivity index (χ0) is 36.9. The van der Waals surface area contributed by atoms with Gasteiger partial charge < -0.3 is 24.1 Å². The Balaban J connectivity index is 1.89. The van der Waals surface area contributed by atoms with Gasteiger partial charge in [0.15, 0.2) is 23.0 Å². The van der Waals surface area contributed by atoms with Crippen LogP contribution in [0, 0.1) is 0 Å². The summed E-state index contributed by atoms with van der Waals surface area (Å²) in [4.78, 5) is 0. The van der Waals surface area contributed by atoms with Gasteiger partial charge in [-0.05, 0) is 67.3 Å². The first-order valence-corrected chi connectivity index (χ1v) is 21.2. The number of unbranched alkanes of at least 4 members (excludes halogenated alkanes) is 20. The molecule has 0 amide bonds. The molecule has 0 heterocycles. The molecule has 0 bridgehead atoms. The van der Waals surface area contributed by atoms with Crippen LogP contribution >= 0.6 is 0 Å². The first-order valence-electron chi connectivity index (χ1n) is 21.2. The number of aliphatic hydroxyl groups excluding tert-OH is 1. The molecule has 2 rings (SSSR count). The van der Waals surface area contributed by atoms with Gasteiger partial charge in [0.05, 0.1) is 34.5 Å². The standard InChI is InChI=1S/C46H78O5/c1-7-9-11-13-14-15-16-17-18-19-20-23-26-30-38-34-35-42(46(51-6)45(38)50-5)40-36-39(44(49-4)43(37-40)48-3)31-27-24-21-25-29-33-41(47)32-28-22-12-10-8-2/h34-37,41,47H,7-33H2,1-6H3. The Labute approximate surface area is 314 Å². The van der Waals surface area contributed by atoms with Crippen molar-refractivity contribution < 1.29 is 24.1 Å². The molecule has 1 unspecified atom stereocenters. The van der Waals surface area contributed by atoms with Gasteiger partial charge in [-0.2, -0.15) is 0 Å². The molecule has 2 aromatic carbocycles. The van der Waals surface area contributed by atoms with Gasteiger partial charge in [0.25, 0.3) is 0 Å². The van der Waals surface area contributed by atoms with Crippen LogP contribution in [0.25, 0.3) is 11.1 Å². The first kappa shape index (κ1) is 44.8. The molecule has 5 heteroatoms. The summed E-state index contributed by atoms with van der Waals surface area (Å²) in [7, 11) is 6.93. The molecule has 1 N–H and O–H groups in total. The molecule has 0 aliphatic rings. The fourth-order valence-electron chi connectivity index (χ4n) is 7.53. The monoisotopic (exact) mass is 711 g/mol. The van der Waals surface area contributed by atoms with Crippen molar-refractivity contribution in [1.29, 1.82) is 0 Å². The normalized spacial score (nSPS) is 11.9. The summed E-state index contributed by atoms with van der Waals surface area (Å²) < 4.78 is 23.7. The van der Waals surface area contributed by atoms with E-state index in [2.05, 4.69) is 38.1 Å². The van der Waals surface area contributed by atoms with Gasteiger partial charge in [-0.1, -0.05) is 161 Å². The lowest BCUT2D eigenvalue weighted by Gasteiger charge is -2.19. The summed E-state index contributed by atoms with van der Waals surface area (Å²) in [6.45, 7) is 4.53. The quantitative estimate of drug-likeness (QED) is 0.0747. The van der Waals surface area contributed by atoms with E-state index in [9.17, 15) is 5.11 Å². The van der Waals surface area contributed by atoms with E-state index in [-0.39, 0.29) is 6.10 Å². The first-order chi connectivity index (χ1) is 25.0. The minimum atomic E-state index is -0.130. The molecule has 2 aromatic rings. The molecule has 0 fully saturated rings. The van der Waals surface area contributed by atoms with E-state index in [1.165, 1.54) is 121 Å². The predicted molar refractivity (Wildman–Crippen MR) is 218 cm³/mol. The van der Waals surface area contributed by atoms with Crippen LogP contribution < -0.4 is 18.9 Å². The molecule has 0 saturated heterocycles. The summed E-state index contributed by atoms with van der Waals surface area (Å²) in [6, 6.07) is 8.70. The zero-order valence-corrected chi connectivity index (χ0v) is 34.1. The second-order valence-electron chi connectivity index (χ2n) is 14.9. The van der Waals surface area contributed by atoms with Gasteiger partial charge in [-0.3, -0.25) is 0 Å². The number of aryl methyl sites for hydroxylation is 2. The lowest BCUT2D eigenvalue weighted by molar-refractivity contribution is 0.147. The Morgan fingerprint density at radius 2 is 0.882 bits per heavy atom. The third-order valence-electron chi connectivity index (χ3n) is 10.6. The highest BCUT2D eigenvalue weighted by molar-refractivity contribution is 5.78. The number of ether oxygens (including phenoxy) is 4. The van der Waals surface area contributed by atoms with E-state index >= 15 is 0 Å². The van der Waals surface area contributed by atoms with Crippen molar-refractivity contribution >= 4 is 0 Å². The maximum absolute atomic E-state index is 10.3. The second-order valence-corrected chi connectivity index (χ2v) is 14.9. The molecule has 0 radical (unpaired) electrons. The minimum Gasteiger partial charge on any atom is -0.493 e. The molecule has 0 spiro atoms. The van der Waals surface area contributed by atoms with E-state index in [0.717, 1.165) is 97.5 Å². The number of hydrogen-bond donors (Lipinski definition) is 1. The number of hydrogen-bond acceptors (Lipinski definition) is 5. The van der Waals surface area contributed by atoms with E-state index < -0.39 is 0 Å². The van der Waals surface area contributed by atoms with Crippen LogP contribution in [0.4, 0.5) is 0 Å². The molecule has 1 atom stereocenters. The molecule has 0 aliphatic heterocycles. The Bertz CT molecular complexity index is 1140. The van der Waals surface area contributed by atoms with Crippen molar-refractivity contribution in [2.24, 2.45) is 0 Å². The van der Waals surface area contributed by atoms with Gasteiger partial charge in [0.1, 0.15) is 0 Å². The summed E-state index contributed by atoms with van der Waals surface area (Å²) >= 11 is 0. The van der Waals surface area contributed by atoms with E-state index in [1.54, 1.807) is 28.4 Å². The van der Waals surface area contributed by atoms with Gasteiger partial charge in [0, 0.05) is 5.56 Å². The van der Waals surface area contributed by atoms with Crippen LogP contribution in [-0.2, 0) is 12.8 Å². The Morgan fingerprint density at radius 3 is 1.33 bits per heavy atom. The van der Waals surface area contributed by atoms with Gasteiger partial charge in [-0.15, -0.1) is 0 Å². The van der Waals surface area contributed by atoms with E-state index in [1.807, 2.05) is 0 Å². The Morgan fingerprint density at radius 1 is 0.451 bits per heavy atom. The zero-order valence-electron chi connectivity index (χ0n) is 34.1. The molecule has 0 saturated carbocycles. The molecular weight excluding hydrogens is 633 g/mol. The topological polar surface area (TPSA) is 57.2 Å². The average molecular weight is 711 g/mol. The molecule has 0 aromatic heterocycles. The average Bonchev–Trinajstić information content (AvgIpc) is 3.15. The fourth-order valence-corrected chi connectivity index (χ4v) is 7.53. The van der Waals surface area contributed by atoms with Crippen molar-refractivity contribution in [3.05, 3.63) is 35.4 Å². The number of methoxy groups -OCH3 is 4. The summed E-state index contributed by atoms with van der Waals surface area (Å²) in [6.07, 6.45) is 33.4. The van der Waals surface area contributed by atoms with Crippen molar-refractivity contribution in [1.82, 2.24) is 0 Å². The second kappa shape index (κ2) is 29.1. The van der Waals surface area contributed by atoms with Crippen molar-refractivity contribution in [2.45, 2.75) is 193 Å². The maximum atomic E-state index is 10.3. The predicted octanol–water partition coefficient (Wildman–Crippen LogP) is 13.6. The van der Waals surface area contributed by atoms with Crippen LogP contribution in [0.5, 0.6) is 23.0 Å². The highest BCUT2D eigenvalue weighted by Crippen LogP contribution is 2.44. The highest BCUT2D eigenvalue weighted by Gasteiger charge is 2.20. The lowest BCUT2D eigenvalue weighted by atomic mass is 9.95. The van der Waals surface area contributed by atoms with E-state index in [0.29, 0.717) is 0 Å². The number of benzene rings is 2. The molecular formula is C46H78O5. The molecule has 292 valence electrons. The smallest absolute Gasteiger partial charge is 0.168 e. The fraction of sp³-hybridized carbons (Fsp3) is 0.739. The van der Waals surface area contributed by atoms with Crippen molar-refractivity contribution in [3.8, 4) is 34.1 Å². The van der Waals surface area contributed by atoms with Crippen LogP contribution in [-0.4, -0.2) is 39.6 Å². The van der Waals surface area contributed by atoms with Crippen LogP contribution in [0.2, 0.25) is 0 Å². The highest BCUT2D eigenvalue weighted by atomic mass is 16.5. The van der Waals surface area contributed by atoms with Gasteiger partial charge in [-0.25, -0.2) is 0 Å². The van der Waals surface area contributed by atoms with Gasteiger partial charge in [0.2, 0.25) is 0 Å². The van der Waals surface area contributed by atoms with Crippen LogP contribution in [0.3, 0.4) is 0 Å². The SMILES string of the molecule is CCCCCCCCCCCCCCCc1ccc(-c2cc(CCCCCCCC(O)CCCCCCC)c(OC)c(OC)c2)c(OC)c1OC. The lowest BCUT2D eigenvalue weighted by Crippen LogP contribution is -2.05. The molecule has 0 aliphatic carbocycles. The molecule has 51 heavy (non-hydrogen) atoms. The van der Waals surface area contributed by atoms with E-state index in [4.69, 9.17) is 18.9 Å². The summed E-state index contributed by atoms with van der Waals surface area (Å²) in [5, 5.41) is 10.3. The number of rotatable bonds is 33. The van der Waals surface area contributed by atoms with Crippen LogP contribution in [0.1, 0.15) is 185 Å². The summed E-state index contributed by atoms with van der Waals surface area (Å²) in [5.74, 6) is 3.18.